The van der Waals surface area contributed by atoms with Crippen LogP contribution in [-0.4, -0.2) is 33.8 Å². The smallest absolute Gasteiger partial charge is 0.0669 e. The maximum absolute atomic E-state index is 6.06. The van der Waals surface area contributed by atoms with Crippen molar-refractivity contribution in [3.05, 3.63) is 17.5 Å². The molecular weight excluding hydrogens is 236 g/mol. The summed E-state index contributed by atoms with van der Waals surface area (Å²) in [6.07, 6.45) is 8.55. The van der Waals surface area contributed by atoms with Gasteiger partial charge >= 0.3 is 0 Å². The molecule has 4 heteroatoms. The highest BCUT2D eigenvalue weighted by Gasteiger charge is 2.41. The first-order valence-corrected chi connectivity index (χ1v) is 7.72. The summed E-state index contributed by atoms with van der Waals surface area (Å²) >= 11 is 0. The molecule has 1 saturated carbocycles. The minimum Gasteiger partial charge on any atom is -0.330 e. The van der Waals surface area contributed by atoms with Crippen molar-refractivity contribution in [2.45, 2.75) is 51.1 Å². The highest BCUT2D eigenvalue weighted by molar-refractivity contribution is 5.24. The van der Waals surface area contributed by atoms with Crippen LogP contribution in [0.1, 0.15) is 49.9 Å². The largest absolute Gasteiger partial charge is 0.330 e. The molecule has 2 N–H and O–H groups in total. The standard InChI is InChI=1S/C15H26N4/c1-3-14-13(10-18(2)17-14)15-11(9-16)5-4-8-19(15)12-6-7-12/h10-12,15H,3-9,16H2,1-2H3. The normalized spacial score (nSPS) is 28.8. The lowest BCUT2D eigenvalue weighted by Crippen LogP contribution is -2.43. The second kappa shape index (κ2) is 5.25. The Morgan fingerprint density at radius 1 is 1.37 bits per heavy atom. The van der Waals surface area contributed by atoms with Gasteiger partial charge in [0.1, 0.15) is 0 Å². The Labute approximate surface area is 116 Å². The van der Waals surface area contributed by atoms with Crippen molar-refractivity contribution in [1.82, 2.24) is 14.7 Å². The molecule has 2 atom stereocenters. The van der Waals surface area contributed by atoms with Gasteiger partial charge in [-0.3, -0.25) is 9.58 Å². The van der Waals surface area contributed by atoms with Crippen LogP contribution in [0, 0.1) is 5.92 Å². The highest BCUT2D eigenvalue weighted by atomic mass is 15.3. The molecule has 3 rings (SSSR count). The number of rotatable bonds is 4. The Hall–Kier alpha value is -0.870. The van der Waals surface area contributed by atoms with Crippen molar-refractivity contribution >= 4 is 0 Å². The molecule has 1 saturated heterocycles. The Bertz CT molecular complexity index is 435. The zero-order valence-electron chi connectivity index (χ0n) is 12.2. The molecule has 1 aliphatic heterocycles. The molecule has 106 valence electrons. The number of hydrogen-bond acceptors (Lipinski definition) is 3. The Balaban J connectivity index is 1.95. The Morgan fingerprint density at radius 3 is 2.79 bits per heavy atom. The third-order valence-electron chi connectivity index (χ3n) is 4.70. The summed E-state index contributed by atoms with van der Waals surface area (Å²) in [5.74, 6) is 0.601. The van der Waals surface area contributed by atoms with Crippen molar-refractivity contribution in [2.75, 3.05) is 13.1 Å². The van der Waals surface area contributed by atoms with Gasteiger partial charge in [-0.05, 0) is 51.1 Å². The minimum absolute atomic E-state index is 0.509. The van der Waals surface area contributed by atoms with E-state index in [1.54, 1.807) is 0 Å². The molecule has 4 nitrogen and oxygen atoms in total. The molecule has 0 aromatic carbocycles. The van der Waals surface area contributed by atoms with Crippen LogP contribution in [0.3, 0.4) is 0 Å². The monoisotopic (exact) mass is 262 g/mol. The second-order valence-electron chi connectivity index (χ2n) is 6.11. The summed E-state index contributed by atoms with van der Waals surface area (Å²) < 4.78 is 1.97. The number of piperidine rings is 1. The molecule has 19 heavy (non-hydrogen) atoms. The summed E-state index contributed by atoms with van der Waals surface area (Å²) in [6.45, 7) is 4.24. The van der Waals surface area contributed by atoms with Gasteiger partial charge in [-0.1, -0.05) is 6.92 Å². The lowest BCUT2D eigenvalue weighted by Gasteiger charge is -2.41. The number of nitrogens with zero attached hydrogens (tertiary/aromatic N) is 3. The quantitative estimate of drug-likeness (QED) is 0.901. The molecule has 2 unspecified atom stereocenters. The first kappa shape index (κ1) is 13.1. The predicted octanol–water partition coefficient (Wildman–Crippen LogP) is 1.86. The fraction of sp³-hybridized carbons (Fsp3) is 0.800. The van der Waals surface area contributed by atoms with Crippen LogP contribution in [-0.2, 0) is 13.5 Å². The van der Waals surface area contributed by atoms with Gasteiger partial charge < -0.3 is 5.73 Å². The van der Waals surface area contributed by atoms with Gasteiger partial charge in [-0.2, -0.15) is 5.10 Å². The van der Waals surface area contributed by atoms with Gasteiger partial charge in [0.05, 0.1) is 5.69 Å². The highest BCUT2D eigenvalue weighted by Crippen LogP contribution is 2.43. The fourth-order valence-corrected chi connectivity index (χ4v) is 3.67. The summed E-state index contributed by atoms with van der Waals surface area (Å²) in [5, 5.41) is 4.64. The summed E-state index contributed by atoms with van der Waals surface area (Å²) in [6, 6.07) is 1.32. The number of nitrogens with two attached hydrogens (primary N) is 1. The molecule has 1 aromatic heterocycles. The van der Waals surface area contributed by atoms with Gasteiger partial charge in [0.25, 0.3) is 0 Å². The molecule has 0 radical (unpaired) electrons. The molecule has 0 amide bonds. The van der Waals surface area contributed by atoms with E-state index in [2.05, 4.69) is 23.1 Å². The van der Waals surface area contributed by atoms with Gasteiger partial charge in [-0.15, -0.1) is 0 Å². The van der Waals surface area contributed by atoms with Crippen molar-refractivity contribution in [3.63, 3.8) is 0 Å². The average Bonchev–Trinajstić information content (AvgIpc) is 3.20. The van der Waals surface area contributed by atoms with Crippen molar-refractivity contribution in [2.24, 2.45) is 18.7 Å². The third-order valence-corrected chi connectivity index (χ3v) is 4.70. The SMILES string of the molecule is CCc1nn(C)cc1C1C(CN)CCCN1C1CC1. The first-order chi connectivity index (χ1) is 9.24. The third kappa shape index (κ3) is 2.43. The molecule has 0 spiro atoms. The lowest BCUT2D eigenvalue weighted by atomic mass is 9.84. The van der Waals surface area contributed by atoms with E-state index in [1.165, 1.54) is 43.5 Å². The van der Waals surface area contributed by atoms with Crippen molar-refractivity contribution in [1.29, 1.82) is 0 Å². The molecule has 2 fully saturated rings. The number of aryl methyl sites for hydroxylation is 2. The van der Waals surface area contributed by atoms with Crippen LogP contribution in [0.5, 0.6) is 0 Å². The van der Waals surface area contributed by atoms with E-state index in [1.807, 2.05) is 11.7 Å². The maximum Gasteiger partial charge on any atom is 0.0669 e. The Kier molecular flexibility index (Phi) is 3.63. The van der Waals surface area contributed by atoms with E-state index in [0.29, 0.717) is 12.0 Å². The van der Waals surface area contributed by atoms with E-state index in [0.717, 1.165) is 19.0 Å². The van der Waals surface area contributed by atoms with Crippen molar-refractivity contribution in [3.8, 4) is 0 Å². The average molecular weight is 262 g/mol. The van der Waals surface area contributed by atoms with Gasteiger partial charge in [0.15, 0.2) is 0 Å². The second-order valence-corrected chi connectivity index (χ2v) is 6.11. The van der Waals surface area contributed by atoms with Gasteiger partial charge in [0.2, 0.25) is 0 Å². The van der Waals surface area contributed by atoms with E-state index in [9.17, 15) is 0 Å². The van der Waals surface area contributed by atoms with Gasteiger partial charge in [0, 0.05) is 30.9 Å². The molecule has 1 aromatic rings. The van der Waals surface area contributed by atoms with Crippen LogP contribution in [0.4, 0.5) is 0 Å². The van der Waals surface area contributed by atoms with E-state index < -0.39 is 0 Å². The maximum atomic E-state index is 6.06. The van der Waals surface area contributed by atoms with Crippen LogP contribution in [0.2, 0.25) is 0 Å². The van der Waals surface area contributed by atoms with E-state index in [-0.39, 0.29) is 0 Å². The summed E-state index contributed by atoms with van der Waals surface area (Å²) in [5.41, 5.74) is 8.76. The molecule has 2 heterocycles. The van der Waals surface area contributed by atoms with Crippen LogP contribution >= 0.6 is 0 Å². The topological polar surface area (TPSA) is 47.1 Å². The van der Waals surface area contributed by atoms with Crippen LogP contribution < -0.4 is 5.73 Å². The van der Waals surface area contributed by atoms with Crippen LogP contribution in [0.25, 0.3) is 0 Å². The minimum atomic E-state index is 0.509. The van der Waals surface area contributed by atoms with Gasteiger partial charge in [-0.25, -0.2) is 0 Å². The molecule has 0 bridgehead atoms. The van der Waals surface area contributed by atoms with Crippen LogP contribution in [0.15, 0.2) is 6.20 Å². The zero-order valence-corrected chi connectivity index (χ0v) is 12.2. The lowest BCUT2D eigenvalue weighted by molar-refractivity contribution is 0.0873. The van der Waals surface area contributed by atoms with E-state index in [4.69, 9.17) is 5.73 Å². The Morgan fingerprint density at radius 2 is 2.16 bits per heavy atom. The number of aromatic nitrogens is 2. The first-order valence-electron chi connectivity index (χ1n) is 7.72. The number of likely N-dealkylation sites (tertiary alicyclic amines) is 1. The predicted molar refractivity (Wildman–Crippen MR) is 76.8 cm³/mol. The zero-order chi connectivity index (χ0) is 13.4. The molecule has 2 aliphatic rings. The van der Waals surface area contributed by atoms with E-state index >= 15 is 0 Å². The molecular formula is C15H26N4. The molecule has 1 aliphatic carbocycles. The number of hydrogen-bond donors (Lipinski definition) is 1. The van der Waals surface area contributed by atoms with Crippen molar-refractivity contribution < 1.29 is 0 Å². The summed E-state index contributed by atoms with van der Waals surface area (Å²) in [4.78, 5) is 2.72. The fourth-order valence-electron chi connectivity index (χ4n) is 3.67. The summed E-state index contributed by atoms with van der Waals surface area (Å²) in [7, 11) is 2.03.